The average Bonchev–Trinajstić information content (AvgIpc) is 3.01. The number of fused-ring (bicyclic) bond motifs is 1. The summed E-state index contributed by atoms with van der Waals surface area (Å²) in [5.74, 6) is 1.16. The molecule has 0 aliphatic rings. The number of carbonyl (C=O) groups excluding carboxylic acids is 1. The fraction of sp³-hybridized carbons (Fsp3) is 0.333. The van der Waals surface area contributed by atoms with Crippen LogP contribution < -0.4 is 10.7 Å². The molecule has 1 amide bonds. The van der Waals surface area contributed by atoms with Gasteiger partial charge < -0.3 is 14.2 Å². The Hall–Kier alpha value is -2.86. The Kier molecular flexibility index (Phi) is 5.19. The molecule has 0 saturated carbocycles. The molecule has 2 aromatic heterocycles. The quantitative estimate of drug-likeness (QED) is 0.747. The smallest absolute Gasteiger partial charge is 0.287 e. The van der Waals surface area contributed by atoms with E-state index in [1.54, 1.807) is 6.07 Å². The molecule has 0 bridgehead atoms. The van der Waals surface area contributed by atoms with E-state index in [2.05, 4.69) is 5.32 Å². The van der Waals surface area contributed by atoms with E-state index in [9.17, 15) is 9.59 Å². The SMILES string of the molecule is Cc1cc(C)c2oc(C(=O)NCC(c3ccc(C)o3)N(C)C)cc(=O)c2c1. The van der Waals surface area contributed by atoms with Crippen molar-refractivity contribution in [2.45, 2.75) is 26.8 Å². The fourth-order valence-corrected chi connectivity index (χ4v) is 3.17. The monoisotopic (exact) mass is 368 g/mol. The first-order chi connectivity index (χ1) is 12.8. The summed E-state index contributed by atoms with van der Waals surface area (Å²) in [6.45, 7) is 5.99. The number of amides is 1. The molecule has 0 aliphatic heterocycles. The van der Waals surface area contributed by atoms with E-state index >= 15 is 0 Å². The predicted molar refractivity (Wildman–Crippen MR) is 104 cm³/mol. The van der Waals surface area contributed by atoms with Crippen LogP contribution in [0.4, 0.5) is 0 Å². The maximum Gasteiger partial charge on any atom is 0.287 e. The van der Waals surface area contributed by atoms with Crippen LogP contribution in [0, 0.1) is 20.8 Å². The zero-order valence-corrected chi connectivity index (χ0v) is 16.3. The van der Waals surface area contributed by atoms with Gasteiger partial charge in [0.15, 0.2) is 11.2 Å². The summed E-state index contributed by atoms with van der Waals surface area (Å²) in [6.07, 6.45) is 0. The first-order valence-electron chi connectivity index (χ1n) is 8.82. The minimum Gasteiger partial charge on any atom is -0.465 e. The van der Waals surface area contributed by atoms with Crippen LogP contribution in [-0.4, -0.2) is 31.4 Å². The van der Waals surface area contributed by atoms with Crippen molar-refractivity contribution >= 4 is 16.9 Å². The Balaban J connectivity index is 1.84. The van der Waals surface area contributed by atoms with Gasteiger partial charge in [-0.1, -0.05) is 6.07 Å². The lowest BCUT2D eigenvalue weighted by Gasteiger charge is -2.22. The third-order valence-corrected chi connectivity index (χ3v) is 4.55. The summed E-state index contributed by atoms with van der Waals surface area (Å²) in [5, 5.41) is 3.32. The van der Waals surface area contributed by atoms with Crippen LogP contribution >= 0.6 is 0 Å². The largest absolute Gasteiger partial charge is 0.465 e. The molecule has 0 saturated heterocycles. The van der Waals surface area contributed by atoms with Crippen LogP contribution in [0.25, 0.3) is 11.0 Å². The molecule has 1 aromatic carbocycles. The number of carbonyl (C=O) groups is 1. The van der Waals surface area contributed by atoms with Crippen molar-refractivity contribution in [1.82, 2.24) is 10.2 Å². The Morgan fingerprint density at radius 1 is 1.11 bits per heavy atom. The molecule has 6 nitrogen and oxygen atoms in total. The van der Waals surface area contributed by atoms with Crippen molar-refractivity contribution in [3.8, 4) is 0 Å². The lowest BCUT2D eigenvalue weighted by molar-refractivity contribution is 0.0911. The summed E-state index contributed by atoms with van der Waals surface area (Å²) < 4.78 is 11.4. The van der Waals surface area contributed by atoms with Gasteiger partial charge in [0.05, 0.1) is 11.4 Å². The second-order valence-corrected chi connectivity index (χ2v) is 7.07. The summed E-state index contributed by atoms with van der Waals surface area (Å²) >= 11 is 0. The van der Waals surface area contributed by atoms with Crippen LogP contribution in [0.1, 0.15) is 39.2 Å². The minimum absolute atomic E-state index is 0.00702. The van der Waals surface area contributed by atoms with Gasteiger partial charge in [0, 0.05) is 12.6 Å². The third-order valence-electron chi connectivity index (χ3n) is 4.55. The lowest BCUT2D eigenvalue weighted by Crippen LogP contribution is -2.34. The molecular weight excluding hydrogens is 344 g/mol. The van der Waals surface area contributed by atoms with E-state index in [0.29, 0.717) is 17.5 Å². The van der Waals surface area contributed by atoms with Gasteiger partial charge in [0.25, 0.3) is 5.91 Å². The van der Waals surface area contributed by atoms with Crippen molar-refractivity contribution in [2.24, 2.45) is 0 Å². The van der Waals surface area contributed by atoms with Crippen LogP contribution in [0.2, 0.25) is 0 Å². The Morgan fingerprint density at radius 2 is 1.85 bits per heavy atom. The van der Waals surface area contributed by atoms with Gasteiger partial charge in [0.2, 0.25) is 0 Å². The normalized spacial score (nSPS) is 12.5. The molecule has 142 valence electrons. The molecular formula is C21H24N2O4. The molecule has 3 rings (SSSR count). The summed E-state index contributed by atoms with van der Waals surface area (Å²) in [4.78, 5) is 27.0. The molecule has 0 fully saturated rings. The molecule has 1 unspecified atom stereocenters. The lowest BCUT2D eigenvalue weighted by atomic mass is 10.1. The molecule has 2 heterocycles. The van der Waals surface area contributed by atoms with E-state index < -0.39 is 5.91 Å². The molecule has 0 spiro atoms. The molecule has 6 heteroatoms. The number of hydrogen-bond donors (Lipinski definition) is 1. The summed E-state index contributed by atoms with van der Waals surface area (Å²) in [6, 6.07) is 8.61. The second-order valence-electron chi connectivity index (χ2n) is 7.07. The molecule has 1 N–H and O–H groups in total. The van der Waals surface area contributed by atoms with Gasteiger partial charge in [-0.15, -0.1) is 0 Å². The first kappa shape index (κ1) is 18.9. The number of likely N-dealkylation sites (N-methyl/N-ethyl adjacent to an activating group) is 1. The Labute approximate surface area is 157 Å². The van der Waals surface area contributed by atoms with Gasteiger partial charge in [-0.2, -0.15) is 0 Å². The van der Waals surface area contributed by atoms with Crippen LogP contribution in [0.3, 0.4) is 0 Å². The maximum absolute atomic E-state index is 12.6. The van der Waals surface area contributed by atoms with E-state index in [4.69, 9.17) is 8.83 Å². The number of benzene rings is 1. The number of nitrogens with zero attached hydrogens (tertiary/aromatic N) is 1. The Morgan fingerprint density at radius 3 is 2.48 bits per heavy atom. The summed E-state index contributed by atoms with van der Waals surface area (Å²) in [7, 11) is 3.83. The average molecular weight is 368 g/mol. The molecule has 3 aromatic rings. The Bertz CT molecular complexity index is 1050. The number of furan rings is 1. The molecule has 0 radical (unpaired) electrons. The minimum atomic E-state index is -0.427. The van der Waals surface area contributed by atoms with Crippen molar-refractivity contribution < 1.29 is 13.6 Å². The van der Waals surface area contributed by atoms with E-state index in [1.165, 1.54) is 6.07 Å². The van der Waals surface area contributed by atoms with Gasteiger partial charge in [-0.05, 0) is 64.2 Å². The van der Waals surface area contributed by atoms with Gasteiger partial charge in [-0.25, -0.2) is 0 Å². The highest BCUT2D eigenvalue weighted by molar-refractivity contribution is 5.93. The first-order valence-corrected chi connectivity index (χ1v) is 8.82. The number of hydrogen-bond acceptors (Lipinski definition) is 5. The van der Waals surface area contributed by atoms with Crippen LogP contribution in [0.15, 0.2) is 44.0 Å². The maximum atomic E-state index is 12.6. The summed E-state index contributed by atoms with van der Waals surface area (Å²) in [5.41, 5.74) is 2.03. The van der Waals surface area contributed by atoms with Crippen molar-refractivity contribution in [3.05, 3.63) is 69.0 Å². The molecule has 0 aliphatic carbocycles. The molecule has 1 atom stereocenters. The van der Waals surface area contributed by atoms with E-state index in [-0.39, 0.29) is 17.2 Å². The predicted octanol–water partition coefficient (Wildman–Crippen LogP) is 3.34. The van der Waals surface area contributed by atoms with E-state index in [1.807, 2.05) is 58.0 Å². The second kappa shape index (κ2) is 7.40. The number of nitrogens with one attached hydrogen (secondary N) is 1. The highest BCUT2D eigenvalue weighted by atomic mass is 16.3. The van der Waals surface area contributed by atoms with Gasteiger partial charge >= 0.3 is 0 Å². The zero-order chi connectivity index (χ0) is 19.7. The van der Waals surface area contributed by atoms with Crippen molar-refractivity contribution in [2.75, 3.05) is 20.6 Å². The third kappa shape index (κ3) is 3.95. The standard InChI is InChI=1S/C21H24N2O4/c1-12-8-13(2)20-15(9-12)17(24)10-19(27-20)21(25)22-11-16(23(4)5)18-7-6-14(3)26-18/h6-10,16H,11H2,1-5H3,(H,22,25). The highest BCUT2D eigenvalue weighted by Crippen LogP contribution is 2.21. The zero-order valence-electron chi connectivity index (χ0n) is 16.3. The van der Waals surface area contributed by atoms with Gasteiger partial charge in [-0.3, -0.25) is 14.5 Å². The van der Waals surface area contributed by atoms with Crippen LogP contribution in [0.5, 0.6) is 0 Å². The van der Waals surface area contributed by atoms with Gasteiger partial charge in [0.1, 0.15) is 17.1 Å². The van der Waals surface area contributed by atoms with Crippen molar-refractivity contribution in [1.29, 1.82) is 0 Å². The highest BCUT2D eigenvalue weighted by Gasteiger charge is 2.20. The number of aryl methyl sites for hydroxylation is 3. The fourth-order valence-electron chi connectivity index (χ4n) is 3.17. The number of rotatable bonds is 5. The van der Waals surface area contributed by atoms with E-state index in [0.717, 1.165) is 22.6 Å². The van der Waals surface area contributed by atoms with Crippen LogP contribution in [-0.2, 0) is 0 Å². The molecule has 27 heavy (non-hydrogen) atoms. The topological polar surface area (TPSA) is 75.7 Å². The van der Waals surface area contributed by atoms with Crippen molar-refractivity contribution in [3.63, 3.8) is 0 Å².